The van der Waals surface area contributed by atoms with Crippen molar-refractivity contribution in [2.75, 3.05) is 45.4 Å². The van der Waals surface area contributed by atoms with Gasteiger partial charge in [-0.25, -0.2) is 0 Å². The van der Waals surface area contributed by atoms with Gasteiger partial charge in [-0.15, -0.1) is 0 Å². The number of rotatable bonds is 11. The van der Waals surface area contributed by atoms with Crippen molar-refractivity contribution in [3.05, 3.63) is 52.5 Å². The van der Waals surface area contributed by atoms with E-state index in [4.69, 9.17) is 30.5 Å². The quantitative estimate of drug-likeness (QED) is 0.273. The Balaban J connectivity index is 1.75. The van der Waals surface area contributed by atoms with Gasteiger partial charge in [0.1, 0.15) is 12.2 Å². The second-order valence-electron chi connectivity index (χ2n) is 12.4. The summed E-state index contributed by atoms with van der Waals surface area (Å²) in [4.78, 5) is 43.0. The molecule has 2 aromatic rings. The maximum absolute atomic E-state index is 14.4. The topological polar surface area (TPSA) is 135 Å². The van der Waals surface area contributed by atoms with Crippen molar-refractivity contribution in [2.45, 2.75) is 65.0 Å². The molecule has 1 saturated heterocycles. The minimum atomic E-state index is -1.38. The number of esters is 1. The molecule has 2 aromatic carbocycles. The largest absolute Gasteiger partial charge is 0.493 e. The van der Waals surface area contributed by atoms with E-state index in [1.807, 2.05) is 19.9 Å². The molecule has 12 heteroatoms. The minimum absolute atomic E-state index is 0.0735. The molecule has 0 saturated carbocycles. The van der Waals surface area contributed by atoms with Gasteiger partial charge in [0.25, 0.3) is 5.91 Å². The van der Waals surface area contributed by atoms with E-state index in [2.05, 4.69) is 0 Å². The van der Waals surface area contributed by atoms with Gasteiger partial charge in [0, 0.05) is 60.2 Å². The number of fused-ring (bicyclic) bond motifs is 1. The number of amides is 2. The summed E-state index contributed by atoms with van der Waals surface area (Å²) < 4.78 is 23.2. The second-order valence-corrected chi connectivity index (χ2v) is 12.8. The third-order valence-electron chi connectivity index (χ3n) is 8.24. The van der Waals surface area contributed by atoms with Crippen molar-refractivity contribution in [2.24, 2.45) is 11.3 Å². The highest BCUT2D eigenvalue weighted by atomic mass is 35.5. The zero-order valence-corrected chi connectivity index (χ0v) is 27.2. The predicted molar refractivity (Wildman–Crippen MR) is 167 cm³/mol. The Morgan fingerprint density at radius 3 is 2.42 bits per heavy atom. The van der Waals surface area contributed by atoms with E-state index in [0.29, 0.717) is 59.3 Å². The van der Waals surface area contributed by atoms with Crippen LogP contribution in [0, 0.1) is 11.3 Å². The molecular weight excluding hydrogens is 604 g/mol. The number of carbonyl (C=O) groups is 3. The normalized spacial score (nSPS) is 19.3. The molecule has 0 bridgehead atoms. The SMILES string of the molecule is COc1cccc(C2OC(CC(=O)N3CCC(CC(O)O)CC3)C(=O)N(CC(C)(C)COC(C)=O)c3ccc(Cl)cc32)c1OC. The van der Waals surface area contributed by atoms with Gasteiger partial charge >= 0.3 is 5.97 Å². The summed E-state index contributed by atoms with van der Waals surface area (Å²) in [5, 5.41) is 19.2. The number of aliphatic hydroxyl groups is 2. The standard InChI is InChI=1S/C33H43ClN2O9/c1-20(37)44-19-33(2,3)18-36-25-10-9-22(34)16-24(25)30(23-7-6-8-26(42-4)31(23)43-5)45-27(32(36)41)17-28(38)35-13-11-21(12-14-35)15-29(39)40/h6-10,16,21,27,29-30,39-40H,11-15,17-19H2,1-5H3. The lowest BCUT2D eigenvalue weighted by Gasteiger charge is -2.35. The summed E-state index contributed by atoms with van der Waals surface area (Å²) in [6, 6.07) is 10.6. The number of hydrogen-bond acceptors (Lipinski definition) is 9. The molecular formula is C33H43ClN2O9. The van der Waals surface area contributed by atoms with Crippen LogP contribution in [0.2, 0.25) is 5.02 Å². The molecule has 2 N–H and O–H groups in total. The van der Waals surface area contributed by atoms with E-state index < -0.39 is 35.8 Å². The number of halogens is 1. The van der Waals surface area contributed by atoms with Crippen molar-refractivity contribution in [3.8, 4) is 11.5 Å². The first-order valence-corrected chi connectivity index (χ1v) is 15.5. The smallest absolute Gasteiger partial charge is 0.302 e. The summed E-state index contributed by atoms with van der Waals surface area (Å²) in [6.07, 6.45) is -2.10. The van der Waals surface area contributed by atoms with Crippen molar-refractivity contribution < 1.29 is 43.5 Å². The number of piperidine rings is 1. The fourth-order valence-corrected chi connectivity index (χ4v) is 6.18. The maximum atomic E-state index is 14.4. The molecule has 4 rings (SSSR count). The van der Waals surface area contributed by atoms with Gasteiger partial charge in [0.15, 0.2) is 17.8 Å². The third-order valence-corrected chi connectivity index (χ3v) is 8.48. The van der Waals surface area contributed by atoms with Crippen LogP contribution in [-0.4, -0.2) is 85.8 Å². The van der Waals surface area contributed by atoms with E-state index in [1.54, 1.807) is 40.1 Å². The van der Waals surface area contributed by atoms with E-state index in [9.17, 15) is 24.6 Å². The van der Waals surface area contributed by atoms with Crippen LogP contribution in [0.3, 0.4) is 0 Å². The molecule has 0 aliphatic carbocycles. The van der Waals surface area contributed by atoms with Crippen LogP contribution in [0.4, 0.5) is 5.69 Å². The number of ether oxygens (including phenoxy) is 4. The van der Waals surface area contributed by atoms with Crippen molar-refractivity contribution in [1.82, 2.24) is 4.90 Å². The summed E-state index contributed by atoms with van der Waals surface area (Å²) in [5.41, 5.74) is 1.09. The van der Waals surface area contributed by atoms with Crippen LogP contribution in [0.25, 0.3) is 0 Å². The molecule has 246 valence electrons. The zero-order chi connectivity index (χ0) is 32.9. The number of anilines is 1. The molecule has 2 heterocycles. The lowest BCUT2D eigenvalue weighted by atomic mass is 9.92. The van der Waals surface area contributed by atoms with Crippen LogP contribution in [0.1, 0.15) is 63.7 Å². The number of hydrogen-bond donors (Lipinski definition) is 2. The highest BCUT2D eigenvalue weighted by molar-refractivity contribution is 6.30. The van der Waals surface area contributed by atoms with E-state index >= 15 is 0 Å². The van der Waals surface area contributed by atoms with Crippen LogP contribution >= 0.6 is 11.6 Å². The van der Waals surface area contributed by atoms with Crippen LogP contribution < -0.4 is 14.4 Å². The molecule has 2 unspecified atom stereocenters. The Labute approximate surface area is 268 Å². The molecule has 0 aromatic heterocycles. The molecule has 2 aliphatic rings. The predicted octanol–water partition coefficient (Wildman–Crippen LogP) is 4.10. The summed E-state index contributed by atoms with van der Waals surface area (Å²) in [6.45, 7) is 6.24. The van der Waals surface area contributed by atoms with Crippen molar-refractivity contribution in [1.29, 1.82) is 0 Å². The molecule has 2 aliphatic heterocycles. The van der Waals surface area contributed by atoms with E-state index in [1.165, 1.54) is 21.1 Å². The Bertz CT molecular complexity index is 1370. The Morgan fingerprint density at radius 1 is 1.09 bits per heavy atom. The first-order valence-electron chi connectivity index (χ1n) is 15.1. The molecule has 2 amide bonds. The van der Waals surface area contributed by atoms with Gasteiger partial charge in [-0.2, -0.15) is 0 Å². The number of likely N-dealkylation sites (tertiary alicyclic amines) is 1. The molecule has 0 spiro atoms. The highest BCUT2D eigenvalue weighted by Crippen LogP contribution is 2.45. The van der Waals surface area contributed by atoms with Crippen LogP contribution in [0.5, 0.6) is 11.5 Å². The minimum Gasteiger partial charge on any atom is -0.493 e. The fourth-order valence-electron chi connectivity index (χ4n) is 6.00. The van der Waals surface area contributed by atoms with Gasteiger partial charge in [0.2, 0.25) is 5.91 Å². The van der Waals surface area contributed by atoms with Gasteiger partial charge in [-0.1, -0.05) is 37.6 Å². The molecule has 0 radical (unpaired) electrons. The van der Waals surface area contributed by atoms with Crippen molar-refractivity contribution in [3.63, 3.8) is 0 Å². The van der Waals surface area contributed by atoms with E-state index in [-0.39, 0.29) is 37.8 Å². The number of carbonyl (C=O) groups excluding carboxylic acids is 3. The van der Waals surface area contributed by atoms with E-state index in [0.717, 1.165) is 0 Å². The summed E-state index contributed by atoms with van der Waals surface area (Å²) in [5.74, 6) is -0.0808. The van der Waals surface area contributed by atoms with Crippen LogP contribution in [-0.2, 0) is 23.9 Å². The first kappa shape index (κ1) is 34.5. The monoisotopic (exact) mass is 646 g/mol. The molecule has 11 nitrogen and oxygen atoms in total. The van der Waals surface area contributed by atoms with Crippen LogP contribution in [0.15, 0.2) is 36.4 Å². The Morgan fingerprint density at radius 2 is 1.80 bits per heavy atom. The molecule has 2 atom stereocenters. The number of aliphatic hydroxyl groups excluding tert-OH is 1. The number of methoxy groups -OCH3 is 2. The zero-order valence-electron chi connectivity index (χ0n) is 26.5. The first-order chi connectivity index (χ1) is 21.3. The molecule has 45 heavy (non-hydrogen) atoms. The fraction of sp³-hybridized carbons (Fsp3) is 0.545. The highest BCUT2D eigenvalue weighted by Gasteiger charge is 2.41. The molecule has 1 fully saturated rings. The number of para-hydroxylation sites is 1. The van der Waals surface area contributed by atoms with Crippen molar-refractivity contribution >= 4 is 35.1 Å². The summed E-state index contributed by atoms with van der Waals surface area (Å²) in [7, 11) is 3.05. The maximum Gasteiger partial charge on any atom is 0.302 e. The number of benzene rings is 2. The van der Waals surface area contributed by atoms with Gasteiger partial charge in [-0.3, -0.25) is 14.4 Å². The number of nitrogens with zero attached hydrogens (tertiary/aromatic N) is 2. The van der Waals surface area contributed by atoms with Gasteiger partial charge < -0.3 is 39.0 Å². The summed E-state index contributed by atoms with van der Waals surface area (Å²) >= 11 is 6.52. The van der Waals surface area contributed by atoms with Gasteiger partial charge in [0.05, 0.1) is 27.2 Å². The Hall–Kier alpha value is -3.38. The van der Waals surface area contributed by atoms with Gasteiger partial charge in [-0.05, 0) is 43.0 Å². The third kappa shape index (κ3) is 8.46. The average molecular weight is 647 g/mol. The Kier molecular flexibility index (Phi) is 11.4. The average Bonchev–Trinajstić information content (AvgIpc) is 3.09. The second kappa shape index (κ2) is 14.8. The lowest BCUT2D eigenvalue weighted by Crippen LogP contribution is -2.48. The lowest BCUT2D eigenvalue weighted by molar-refractivity contribution is -0.145.